The Balaban J connectivity index is 2.00. The quantitative estimate of drug-likeness (QED) is 0.858. The van der Waals surface area contributed by atoms with E-state index in [0.29, 0.717) is 5.82 Å². The molecule has 0 radical (unpaired) electrons. The average molecular weight is 275 g/mol. The van der Waals surface area contributed by atoms with Gasteiger partial charge in [-0.3, -0.25) is 4.79 Å². The van der Waals surface area contributed by atoms with Crippen molar-refractivity contribution < 1.29 is 0 Å². The zero-order valence-corrected chi connectivity index (χ0v) is 12.8. The Bertz CT molecular complexity index is 537. The van der Waals surface area contributed by atoms with Crippen molar-refractivity contribution in [3.8, 4) is 0 Å². The molecule has 0 saturated heterocycles. The second kappa shape index (κ2) is 6.25. The fraction of sp³-hybridized carbons (Fsp3) is 0.625. The van der Waals surface area contributed by atoms with Crippen LogP contribution in [0.4, 0.5) is 5.82 Å². The Morgan fingerprint density at radius 2 is 2.15 bits per heavy atom. The number of anilines is 1. The van der Waals surface area contributed by atoms with Gasteiger partial charge in [0.25, 0.3) is 5.56 Å². The average Bonchev–Trinajstić information content (AvgIpc) is 2.40. The number of nitrogens with zero attached hydrogens (tertiary/aromatic N) is 2. The predicted octanol–water partition coefficient (Wildman–Crippen LogP) is 3.30. The summed E-state index contributed by atoms with van der Waals surface area (Å²) in [6, 6.07) is 0. The fourth-order valence-corrected chi connectivity index (χ4v) is 2.53. The van der Waals surface area contributed by atoms with Gasteiger partial charge in [0.1, 0.15) is 0 Å². The number of allylic oxidation sites excluding steroid dienone is 1. The van der Waals surface area contributed by atoms with Crippen LogP contribution in [-0.4, -0.2) is 16.1 Å². The van der Waals surface area contributed by atoms with Crippen LogP contribution in [0.25, 0.3) is 0 Å². The van der Waals surface area contributed by atoms with Gasteiger partial charge < -0.3 is 9.88 Å². The van der Waals surface area contributed by atoms with E-state index in [9.17, 15) is 4.79 Å². The number of hydrogen-bond acceptors (Lipinski definition) is 3. The van der Waals surface area contributed by atoms with E-state index in [0.717, 1.165) is 13.0 Å². The summed E-state index contributed by atoms with van der Waals surface area (Å²) in [6.45, 7) is 6.84. The lowest BCUT2D eigenvalue weighted by atomic mass is 9.97. The first-order chi connectivity index (χ1) is 9.48. The molecule has 0 bridgehead atoms. The van der Waals surface area contributed by atoms with Crippen molar-refractivity contribution in [2.75, 3.05) is 11.9 Å². The Morgan fingerprint density at radius 3 is 2.80 bits per heavy atom. The Labute approximate surface area is 120 Å². The van der Waals surface area contributed by atoms with Crippen LogP contribution < -0.4 is 10.9 Å². The first kappa shape index (κ1) is 14.8. The zero-order chi connectivity index (χ0) is 14.6. The highest BCUT2D eigenvalue weighted by Crippen LogP contribution is 2.19. The van der Waals surface area contributed by atoms with E-state index in [1.165, 1.54) is 31.3 Å². The van der Waals surface area contributed by atoms with E-state index in [1.54, 1.807) is 17.0 Å². The second-order valence-corrected chi connectivity index (χ2v) is 6.41. The maximum absolute atomic E-state index is 12.3. The number of nitrogens with one attached hydrogen (secondary N) is 1. The van der Waals surface area contributed by atoms with Crippen LogP contribution in [0.2, 0.25) is 0 Å². The molecule has 0 saturated carbocycles. The maximum Gasteiger partial charge on any atom is 0.293 e. The summed E-state index contributed by atoms with van der Waals surface area (Å²) < 4.78 is 1.72. The van der Waals surface area contributed by atoms with Gasteiger partial charge in [-0.1, -0.05) is 11.6 Å². The molecule has 1 N–H and O–H groups in total. The summed E-state index contributed by atoms with van der Waals surface area (Å²) in [4.78, 5) is 16.5. The van der Waals surface area contributed by atoms with Gasteiger partial charge in [0, 0.05) is 24.5 Å². The molecule has 0 atom stereocenters. The molecule has 1 aromatic heterocycles. The molecule has 0 aromatic carbocycles. The van der Waals surface area contributed by atoms with Crippen molar-refractivity contribution >= 4 is 5.82 Å². The van der Waals surface area contributed by atoms with Crippen molar-refractivity contribution in [1.82, 2.24) is 9.55 Å². The molecular formula is C16H25N3O. The van der Waals surface area contributed by atoms with E-state index < -0.39 is 0 Å². The molecule has 1 heterocycles. The highest BCUT2D eigenvalue weighted by atomic mass is 16.1. The molecule has 110 valence electrons. The predicted molar refractivity (Wildman–Crippen MR) is 83.2 cm³/mol. The Kier molecular flexibility index (Phi) is 4.63. The molecule has 0 fully saturated rings. The largest absolute Gasteiger partial charge is 0.365 e. The topological polar surface area (TPSA) is 46.9 Å². The van der Waals surface area contributed by atoms with Gasteiger partial charge in [0.05, 0.1) is 0 Å². The maximum atomic E-state index is 12.3. The van der Waals surface area contributed by atoms with Gasteiger partial charge in [-0.25, -0.2) is 4.98 Å². The molecule has 0 unspecified atom stereocenters. The molecule has 4 heteroatoms. The van der Waals surface area contributed by atoms with E-state index in [2.05, 4.69) is 16.4 Å². The zero-order valence-electron chi connectivity index (χ0n) is 12.8. The molecular weight excluding hydrogens is 250 g/mol. The summed E-state index contributed by atoms with van der Waals surface area (Å²) in [5.74, 6) is 0.457. The van der Waals surface area contributed by atoms with Crippen molar-refractivity contribution in [2.45, 2.75) is 58.4 Å². The molecule has 20 heavy (non-hydrogen) atoms. The fourth-order valence-electron chi connectivity index (χ4n) is 2.53. The molecule has 1 aromatic rings. The molecule has 2 rings (SSSR count). The third-order valence-corrected chi connectivity index (χ3v) is 3.69. The lowest BCUT2D eigenvalue weighted by Crippen LogP contribution is -2.35. The van der Waals surface area contributed by atoms with Crippen LogP contribution in [0, 0.1) is 0 Å². The molecule has 0 amide bonds. The van der Waals surface area contributed by atoms with Gasteiger partial charge in [-0.15, -0.1) is 0 Å². The SMILES string of the molecule is CC(C)(C)n1ccnc(NCCC2=CCCCC2)c1=O. The molecule has 4 nitrogen and oxygen atoms in total. The van der Waals surface area contributed by atoms with Crippen LogP contribution in [0.5, 0.6) is 0 Å². The molecule has 1 aliphatic rings. The van der Waals surface area contributed by atoms with E-state index in [-0.39, 0.29) is 11.1 Å². The third-order valence-electron chi connectivity index (χ3n) is 3.69. The molecule has 1 aliphatic carbocycles. The minimum atomic E-state index is -0.220. The number of aromatic nitrogens is 2. The van der Waals surface area contributed by atoms with Crippen molar-refractivity contribution in [1.29, 1.82) is 0 Å². The monoisotopic (exact) mass is 275 g/mol. The summed E-state index contributed by atoms with van der Waals surface area (Å²) in [7, 11) is 0. The number of rotatable bonds is 4. The highest BCUT2D eigenvalue weighted by molar-refractivity contribution is 5.31. The number of hydrogen-bond donors (Lipinski definition) is 1. The van der Waals surface area contributed by atoms with E-state index in [1.807, 2.05) is 20.8 Å². The Morgan fingerprint density at radius 1 is 1.35 bits per heavy atom. The van der Waals surface area contributed by atoms with Gasteiger partial charge in [-0.05, 0) is 52.9 Å². The lowest BCUT2D eigenvalue weighted by molar-refractivity contribution is 0.383. The van der Waals surface area contributed by atoms with Crippen LogP contribution in [0.15, 0.2) is 28.8 Å². The van der Waals surface area contributed by atoms with Crippen LogP contribution >= 0.6 is 0 Å². The first-order valence-electron chi connectivity index (χ1n) is 7.48. The minimum absolute atomic E-state index is 0.0439. The smallest absolute Gasteiger partial charge is 0.293 e. The van der Waals surface area contributed by atoms with Crippen LogP contribution in [0.1, 0.15) is 52.9 Å². The van der Waals surface area contributed by atoms with Crippen LogP contribution in [0.3, 0.4) is 0 Å². The third kappa shape index (κ3) is 3.71. The standard InChI is InChI=1S/C16H25N3O/c1-16(2,3)19-12-11-18-14(15(19)20)17-10-9-13-7-5-4-6-8-13/h7,11-12H,4-6,8-10H2,1-3H3,(H,17,18). The van der Waals surface area contributed by atoms with Crippen LogP contribution in [-0.2, 0) is 5.54 Å². The summed E-state index contributed by atoms with van der Waals surface area (Å²) in [5, 5.41) is 3.19. The summed E-state index contributed by atoms with van der Waals surface area (Å²) in [6.07, 6.45) is 11.8. The Hall–Kier alpha value is -1.58. The normalized spacial score (nSPS) is 15.8. The molecule has 0 aliphatic heterocycles. The second-order valence-electron chi connectivity index (χ2n) is 6.41. The van der Waals surface area contributed by atoms with Gasteiger partial charge in [-0.2, -0.15) is 0 Å². The molecule has 0 spiro atoms. The lowest BCUT2D eigenvalue weighted by Gasteiger charge is -2.22. The first-order valence-corrected chi connectivity index (χ1v) is 7.48. The minimum Gasteiger partial charge on any atom is -0.365 e. The van der Waals surface area contributed by atoms with Crippen molar-refractivity contribution in [3.63, 3.8) is 0 Å². The van der Waals surface area contributed by atoms with Crippen molar-refractivity contribution in [3.05, 3.63) is 34.4 Å². The van der Waals surface area contributed by atoms with E-state index >= 15 is 0 Å². The van der Waals surface area contributed by atoms with Gasteiger partial charge in [0.2, 0.25) is 0 Å². The highest BCUT2D eigenvalue weighted by Gasteiger charge is 2.16. The van der Waals surface area contributed by atoms with E-state index in [4.69, 9.17) is 0 Å². The summed E-state index contributed by atoms with van der Waals surface area (Å²) in [5.41, 5.74) is 1.25. The van der Waals surface area contributed by atoms with Crippen molar-refractivity contribution in [2.24, 2.45) is 0 Å². The van der Waals surface area contributed by atoms with Gasteiger partial charge >= 0.3 is 0 Å². The van der Waals surface area contributed by atoms with Gasteiger partial charge in [0.15, 0.2) is 5.82 Å². The summed E-state index contributed by atoms with van der Waals surface area (Å²) >= 11 is 0.